The van der Waals surface area contributed by atoms with E-state index in [-0.39, 0.29) is 43.8 Å². The van der Waals surface area contributed by atoms with Gasteiger partial charge in [-0.1, -0.05) is 37.1 Å². The maximum Gasteiger partial charge on any atom is 0.242 e. The maximum atomic E-state index is 14.4. The summed E-state index contributed by atoms with van der Waals surface area (Å²) in [7, 11) is -3.57. The van der Waals surface area contributed by atoms with Gasteiger partial charge in [0.2, 0.25) is 21.8 Å². The van der Waals surface area contributed by atoms with E-state index in [0.29, 0.717) is 11.3 Å². The fraction of sp³-hybridized carbons (Fsp3) is 0.500. The number of sulfonamides is 1. The van der Waals surface area contributed by atoms with Crippen LogP contribution in [0.4, 0.5) is 10.1 Å². The van der Waals surface area contributed by atoms with Crippen LogP contribution in [0, 0.1) is 19.7 Å². The summed E-state index contributed by atoms with van der Waals surface area (Å²) in [5, 5.41) is 3.03. The molecule has 1 fully saturated rings. The highest BCUT2D eigenvalue weighted by molar-refractivity contribution is 7.92. The van der Waals surface area contributed by atoms with Gasteiger partial charge in [-0.25, -0.2) is 12.8 Å². The number of amides is 2. The summed E-state index contributed by atoms with van der Waals surface area (Å²) in [6, 6.07) is 10.9. The number of halogens is 1. The van der Waals surface area contributed by atoms with Crippen LogP contribution in [0.5, 0.6) is 0 Å². The number of aryl methyl sites for hydroxylation is 2. The van der Waals surface area contributed by atoms with Crippen LogP contribution in [0.25, 0.3) is 0 Å². The molecule has 2 aromatic carbocycles. The Labute approximate surface area is 220 Å². The second kappa shape index (κ2) is 12.5. The van der Waals surface area contributed by atoms with Crippen LogP contribution in [0.1, 0.15) is 62.1 Å². The minimum absolute atomic E-state index is 0.0202. The standard InChI is InChI=1S/C28H38FN3O4S/c1-20-15-16-25(18-21(20)2)32(37(4,35)36)17-9-14-27(33)31(19-23-10-5-8-13-26(23)29)22(3)28(34)30-24-11-6-7-12-24/h5,8,10,13,15-16,18,22,24H,6-7,9,11-12,14,17,19H2,1-4H3,(H,30,34). The quantitative estimate of drug-likeness (QED) is 0.464. The van der Waals surface area contributed by atoms with E-state index in [1.165, 1.54) is 15.3 Å². The summed E-state index contributed by atoms with van der Waals surface area (Å²) in [5.41, 5.74) is 2.90. The lowest BCUT2D eigenvalue weighted by atomic mass is 10.1. The Morgan fingerprint density at radius 2 is 1.76 bits per heavy atom. The molecule has 3 rings (SSSR count). The third kappa shape index (κ3) is 7.77. The van der Waals surface area contributed by atoms with Crippen molar-refractivity contribution < 1.29 is 22.4 Å². The predicted molar refractivity (Wildman–Crippen MR) is 144 cm³/mol. The van der Waals surface area contributed by atoms with Gasteiger partial charge in [-0.3, -0.25) is 13.9 Å². The van der Waals surface area contributed by atoms with E-state index in [2.05, 4.69) is 5.32 Å². The summed E-state index contributed by atoms with van der Waals surface area (Å²) in [4.78, 5) is 27.7. The zero-order chi connectivity index (χ0) is 27.2. The van der Waals surface area contributed by atoms with Gasteiger partial charge in [0.25, 0.3) is 0 Å². The SMILES string of the molecule is Cc1ccc(N(CCCC(=O)N(Cc2ccccc2F)C(C)C(=O)NC2CCCC2)S(C)(=O)=O)cc1C. The van der Waals surface area contributed by atoms with Gasteiger partial charge in [-0.2, -0.15) is 0 Å². The molecule has 7 nitrogen and oxygen atoms in total. The third-order valence-electron chi connectivity index (χ3n) is 7.10. The van der Waals surface area contributed by atoms with Crippen molar-refractivity contribution >= 4 is 27.5 Å². The van der Waals surface area contributed by atoms with E-state index in [1.807, 2.05) is 26.0 Å². The largest absolute Gasteiger partial charge is 0.352 e. The number of nitrogens with one attached hydrogen (secondary N) is 1. The van der Waals surface area contributed by atoms with Gasteiger partial charge < -0.3 is 10.2 Å². The lowest BCUT2D eigenvalue weighted by Crippen LogP contribution is -2.49. The van der Waals surface area contributed by atoms with E-state index in [9.17, 15) is 22.4 Å². The molecule has 0 heterocycles. The van der Waals surface area contributed by atoms with Crippen molar-refractivity contribution in [1.82, 2.24) is 10.2 Å². The molecule has 1 N–H and O–H groups in total. The van der Waals surface area contributed by atoms with Gasteiger partial charge >= 0.3 is 0 Å². The second-order valence-electron chi connectivity index (χ2n) is 9.99. The average Bonchev–Trinajstić information content (AvgIpc) is 3.35. The van der Waals surface area contributed by atoms with Crippen LogP contribution < -0.4 is 9.62 Å². The molecule has 1 unspecified atom stereocenters. The molecule has 2 aromatic rings. The van der Waals surface area contributed by atoms with Crippen molar-refractivity contribution in [2.45, 2.75) is 77.9 Å². The van der Waals surface area contributed by atoms with Crippen molar-refractivity contribution in [3.63, 3.8) is 0 Å². The fourth-order valence-corrected chi connectivity index (χ4v) is 5.63. The zero-order valence-electron chi connectivity index (χ0n) is 22.2. The smallest absolute Gasteiger partial charge is 0.242 e. The topological polar surface area (TPSA) is 86.8 Å². The highest BCUT2D eigenvalue weighted by Crippen LogP contribution is 2.23. The first-order valence-corrected chi connectivity index (χ1v) is 14.7. The first-order valence-electron chi connectivity index (χ1n) is 12.9. The fourth-order valence-electron chi connectivity index (χ4n) is 4.67. The molecule has 0 bridgehead atoms. The molecule has 0 saturated heterocycles. The number of nitrogens with zero attached hydrogens (tertiary/aromatic N) is 2. The maximum absolute atomic E-state index is 14.4. The highest BCUT2D eigenvalue weighted by atomic mass is 32.2. The summed E-state index contributed by atoms with van der Waals surface area (Å²) in [5.74, 6) is -1.03. The molecule has 2 amide bonds. The monoisotopic (exact) mass is 531 g/mol. The Kier molecular flexibility index (Phi) is 9.70. The Morgan fingerprint density at radius 1 is 1.08 bits per heavy atom. The highest BCUT2D eigenvalue weighted by Gasteiger charge is 2.29. The molecule has 0 aliphatic heterocycles. The first-order chi connectivity index (χ1) is 17.5. The molecule has 9 heteroatoms. The Bertz CT molecular complexity index is 1210. The van der Waals surface area contributed by atoms with Crippen LogP contribution in [0.3, 0.4) is 0 Å². The Morgan fingerprint density at radius 3 is 2.38 bits per heavy atom. The number of hydrogen-bond acceptors (Lipinski definition) is 4. The lowest BCUT2D eigenvalue weighted by molar-refractivity contribution is -0.141. The predicted octanol–water partition coefficient (Wildman–Crippen LogP) is 4.46. The number of anilines is 1. The molecule has 0 radical (unpaired) electrons. The molecular weight excluding hydrogens is 493 g/mol. The van der Waals surface area contributed by atoms with Gasteiger partial charge in [-0.15, -0.1) is 0 Å². The molecule has 1 aliphatic rings. The van der Waals surface area contributed by atoms with E-state index in [4.69, 9.17) is 0 Å². The minimum Gasteiger partial charge on any atom is -0.352 e. The van der Waals surface area contributed by atoms with E-state index >= 15 is 0 Å². The van der Waals surface area contributed by atoms with Crippen LogP contribution in [0.2, 0.25) is 0 Å². The van der Waals surface area contributed by atoms with Crippen molar-refractivity contribution in [2.24, 2.45) is 0 Å². The third-order valence-corrected chi connectivity index (χ3v) is 8.29. The molecule has 1 saturated carbocycles. The summed E-state index contributed by atoms with van der Waals surface area (Å²) in [6.45, 7) is 5.60. The molecule has 1 aliphatic carbocycles. The number of carbonyl (C=O) groups is 2. The number of benzene rings is 2. The lowest BCUT2D eigenvalue weighted by Gasteiger charge is -2.30. The first kappa shape index (κ1) is 28.6. The average molecular weight is 532 g/mol. The molecular formula is C28H38FN3O4S. The van der Waals surface area contributed by atoms with Crippen LogP contribution >= 0.6 is 0 Å². The van der Waals surface area contributed by atoms with Crippen molar-refractivity contribution in [1.29, 1.82) is 0 Å². The number of carbonyl (C=O) groups excluding carboxylic acids is 2. The number of rotatable bonds is 11. The number of hydrogen-bond donors (Lipinski definition) is 1. The normalized spacial score (nSPS) is 14.8. The van der Waals surface area contributed by atoms with Gasteiger partial charge in [0.05, 0.1) is 11.9 Å². The van der Waals surface area contributed by atoms with E-state index in [1.54, 1.807) is 31.2 Å². The van der Waals surface area contributed by atoms with Crippen LogP contribution in [-0.2, 0) is 26.2 Å². The summed E-state index contributed by atoms with van der Waals surface area (Å²) in [6.07, 6.45) is 5.38. The Hall–Kier alpha value is -2.94. The van der Waals surface area contributed by atoms with Crippen LogP contribution in [-0.4, -0.2) is 50.0 Å². The van der Waals surface area contributed by atoms with Gasteiger partial charge in [0.1, 0.15) is 11.9 Å². The van der Waals surface area contributed by atoms with E-state index in [0.717, 1.165) is 43.1 Å². The van der Waals surface area contributed by atoms with Gasteiger partial charge in [-0.05, 0) is 69.4 Å². The summed E-state index contributed by atoms with van der Waals surface area (Å²) >= 11 is 0. The van der Waals surface area contributed by atoms with Gasteiger partial charge in [0.15, 0.2) is 0 Å². The minimum atomic E-state index is -3.57. The molecule has 0 spiro atoms. The van der Waals surface area contributed by atoms with Crippen LogP contribution in [0.15, 0.2) is 42.5 Å². The Balaban J connectivity index is 1.73. The van der Waals surface area contributed by atoms with E-state index < -0.39 is 21.9 Å². The van der Waals surface area contributed by atoms with Crippen molar-refractivity contribution in [3.8, 4) is 0 Å². The zero-order valence-corrected chi connectivity index (χ0v) is 23.0. The second-order valence-corrected chi connectivity index (χ2v) is 11.9. The van der Waals surface area contributed by atoms with Crippen molar-refractivity contribution in [3.05, 3.63) is 65.0 Å². The molecule has 202 valence electrons. The summed E-state index contributed by atoms with van der Waals surface area (Å²) < 4.78 is 40.8. The van der Waals surface area contributed by atoms with Gasteiger partial charge in [0, 0.05) is 31.1 Å². The van der Waals surface area contributed by atoms with Crippen molar-refractivity contribution in [2.75, 3.05) is 17.1 Å². The molecule has 0 aromatic heterocycles. The molecule has 37 heavy (non-hydrogen) atoms. The molecule has 1 atom stereocenters.